The molecule has 3 rings (SSSR count). The summed E-state index contributed by atoms with van der Waals surface area (Å²) in [6, 6.07) is 11.4. The molecule has 0 radical (unpaired) electrons. The molecule has 1 aliphatic carbocycles. The molecule has 2 aromatic rings. The molecule has 4 nitrogen and oxygen atoms in total. The van der Waals surface area contributed by atoms with Crippen molar-refractivity contribution in [2.24, 2.45) is 0 Å². The van der Waals surface area contributed by atoms with Gasteiger partial charge in [-0.2, -0.15) is 5.26 Å². The number of rotatable bonds is 5. The second-order valence-corrected chi connectivity index (χ2v) is 5.80. The second-order valence-electron chi connectivity index (χ2n) is 5.80. The molecule has 0 amide bonds. The number of hydrogen-bond donors (Lipinski definition) is 1. The molecule has 1 aliphatic rings. The highest BCUT2D eigenvalue weighted by atomic mass is 15.2. The summed E-state index contributed by atoms with van der Waals surface area (Å²) in [5.41, 5.74) is 2.43. The Bertz CT molecular complexity index is 685. The number of anilines is 1. The maximum atomic E-state index is 9.31. The molecular weight excluding hydrogens is 260 g/mol. The SMILES string of the molecule is CC(CNc1c(C#N)cnc2ccccc12)N(C)C1CC1. The first-order chi connectivity index (χ1) is 10.2. The van der Waals surface area contributed by atoms with Crippen molar-refractivity contribution in [3.05, 3.63) is 36.0 Å². The fourth-order valence-corrected chi connectivity index (χ4v) is 2.65. The van der Waals surface area contributed by atoms with E-state index in [4.69, 9.17) is 0 Å². The molecular formula is C17H20N4. The predicted molar refractivity (Wildman–Crippen MR) is 85.2 cm³/mol. The zero-order chi connectivity index (χ0) is 14.8. The van der Waals surface area contributed by atoms with Crippen molar-refractivity contribution in [1.82, 2.24) is 9.88 Å². The number of fused-ring (bicyclic) bond motifs is 1. The van der Waals surface area contributed by atoms with Crippen molar-refractivity contribution in [1.29, 1.82) is 5.26 Å². The Hall–Kier alpha value is -2.12. The monoisotopic (exact) mass is 280 g/mol. The average molecular weight is 280 g/mol. The Labute approximate surface area is 125 Å². The van der Waals surface area contributed by atoms with Crippen LogP contribution in [0, 0.1) is 11.3 Å². The Balaban J connectivity index is 1.83. The molecule has 1 saturated carbocycles. The molecule has 0 saturated heterocycles. The second kappa shape index (κ2) is 5.71. The summed E-state index contributed by atoms with van der Waals surface area (Å²) in [5, 5.41) is 13.8. The van der Waals surface area contributed by atoms with E-state index in [2.05, 4.69) is 35.2 Å². The molecule has 0 bridgehead atoms. The van der Waals surface area contributed by atoms with Gasteiger partial charge in [0.25, 0.3) is 0 Å². The van der Waals surface area contributed by atoms with Crippen molar-refractivity contribution in [2.75, 3.05) is 18.9 Å². The topological polar surface area (TPSA) is 52.0 Å². The average Bonchev–Trinajstić information content (AvgIpc) is 3.36. The smallest absolute Gasteiger partial charge is 0.103 e. The number of para-hydroxylation sites is 1. The fraction of sp³-hybridized carbons (Fsp3) is 0.412. The first kappa shape index (κ1) is 13.8. The molecule has 1 N–H and O–H groups in total. The first-order valence-corrected chi connectivity index (χ1v) is 7.44. The standard InChI is InChI=1S/C17H20N4/c1-12(21(2)14-7-8-14)10-20-17-13(9-18)11-19-16-6-4-3-5-15(16)17/h3-6,11-12,14H,7-8,10H2,1-2H3,(H,19,20). The van der Waals surface area contributed by atoms with Crippen LogP contribution in [0.2, 0.25) is 0 Å². The van der Waals surface area contributed by atoms with E-state index in [0.717, 1.165) is 29.2 Å². The lowest BCUT2D eigenvalue weighted by molar-refractivity contribution is 0.257. The van der Waals surface area contributed by atoms with Crippen molar-refractivity contribution in [2.45, 2.75) is 31.8 Å². The van der Waals surface area contributed by atoms with Crippen LogP contribution >= 0.6 is 0 Å². The Morgan fingerprint density at radius 1 is 1.43 bits per heavy atom. The van der Waals surface area contributed by atoms with Gasteiger partial charge < -0.3 is 5.32 Å². The van der Waals surface area contributed by atoms with Gasteiger partial charge in [0, 0.05) is 30.2 Å². The van der Waals surface area contributed by atoms with Gasteiger partial charge >= 0.3 is 0 Å². The molecule has 1 unspecified atom stereocenters. The molecule has 0 spiro atoms. The summed E-state index contributed by atoms with van der Waals surface area (Å²) in [6.07, 6.45) is 4.27. The maximum absolute atomic E-state index is 9.31. The number of hydrogen-bond acceptors (Lipinski definition) is 4. The number of aromatic nitrogens is 1. The van der Waals surface area contributed by atoms with Crippen LogP contribution in [0.5, 0.6) is 0 Å². The molecule has 108 valence electrons. The minimum atomic E-state index is 0.441. The minimum Gasteiger partial charge on any atom is -0.382 e. The lowest BCUT2D eigenvalue weighted by atomic mass is 10.1. The molecule has 4 heteroatoms. The third-order valence-corrected chi connectivity index (χ3v) is 4.29. The van der Waals surface area contributed by atoms with Crippen LogP contribution in [0.25, 0.3) is 10.9 Å². The highest BCUT2D eigenvalue weighted by Crippen LogP contribution is 2.28. The van der Waals surface area contributed by atoms with Crippen LogP contribution in [-0.4, -0.2) is 35.6 Å². The predicted octanol–water partition coefficient (Wildman–Crippen LogP) is 3.00. The number of likely N-dealkylation sites (N-methyl/N-ethyl adjacent to an activating group) is 1. The van der Waals surface area contributed by atoms with E-state index in [0.29, 0.717) is 11.6 Å². The Morgan fingerprint density at radius 3 is 2.90 bits per heavy atom. The lowest BCUT2D eigenvalue weighted by Crippen LogP contribution is -2.36. The van der Waals surface area contributed by atoms with Crippen molar-refractivity contribution in [3.63, 3.8) is 0 Å². The van der Waals surface area contributed by atoms with Crippen LogP contribution in [0.4, 0.5) is 5.69 Å². The zero-order valence-electron chi connectivity index (χ0n) is 12.5. The largest absolute Gasteiger partial charge is 0.382 e. The first-order valence-electron chi connectivity index (χ1n) is 7.44. The van der Waals surface area contributed by atoms with Crippen LogP contribution in [-0.2, 0) is 0 Å². The zero-order valence-corrected chi connectivity index (χ0v) is 12.5. The number of nitriles is 1. The molecule has 21 heavy (non-hydrogen) atoms. The summed E-state index contributed by atoms with van der Waals surface area (Å²) in [6.45, 7) is 3.05. The number of pyridine rings is 1. The van der Waals surface area contributed by atoms with Crippen molar-refractivity contribution >= 4 is 16.6 Å². The summed E-state index contributed by atoms with van der Waals surface area (Å²) >= 11 is 0. The van der Waals surface area contributed by atoms with Gasteiger partial charge in [-0.1, -0.05) is 18.2 Å². The van der Waals surface area contributed by atoms with Gasteiger partial charge in [0.2, 0.25) is 0 Å². The van der Waals surface area contributed by atoms with E-state index in [9.17, 15) is 5.26 Å². The normalized spacial score (nSPS) is 15.9. The van der Waals surface area contributed by atoms with Gasteiger partial charge in [-0.15, -0.1) is 0 Å². The van der Waals surface area contributed by atoms with Crippen LogP contribution in [0.3, 0.4) is 0 Å². The number of benzene rings is 1. The van der Waals surface area contributed by atoms with E-state index in [1.54, 1.807) is 6.20 Å². The number of nitrogens with one attached hydrogen (secondary N) is 1. The Kier molecular flexibility index (Phi) is 3.76. The van der Waals surface area contributed by atoms with E-state index >= 15 is 0 Å². The molecule has 1 aromatic heterocycles. The van der Waals surface area contributed by atoms with Crippen molar-refractivity contribution in [3.8, 4) is 6.07 Å². The highest BCUT2D eigenvalue weighted by molar-refractivity contribution is 5.93. The summed E-state index contributed by atoms with van der Waals surface area (Å²) < 4.78 is 0. The summed E-state index contributed by atoms with van der Waals surface area (Å²) in [4.78, 5) is 6.76. The van der Waals surface area contributed by atoms with Crippen molar-refractivity contribution < 1.29 is 0 Å². The van der Waals surface area contributed by atoms with Gasteiger partial charge in [-0.25, -0.2) is 0 Å². The molecule has 1 atom stereocenters. The van der Waals surface area contributed by atoms with Crippen LogP contribution in [0.15, 0.2) is 30.5 Å². The van der Waals surface area contributed by atoms with E-state index in [-0.39, 0.29) is 0 Å². The van der Waals surface area contributed by atoms with Crippen LogP contribution < -0.4 is 5.32 Å². The van der Waals surface area contributed by atoms with Crippen LogP contribution in [0.1, 0.15) is 25.3 Å². The maximum Gasteiger partial charge on any atom is 0.103 e. The molecule has 1 heterocycles. The minimum absolute atomic E-state index is 0.441. The molecule has 1 fully saturated rings. The van der Waals surface area contributed by atoms with E-state index in [1.807, 2.05) is 24.3 Å². The van der Waals surface area contributed by atoms with E-state index < -0.39 is 0 Å². The fourth-order valence-electron chi connectivity index (χ4n) is 2.65. The third kappa shape index (κ3) is 2.84. The Morgan fingerprint density at radius 2 is 2.19 bits per heavy atom. The van der Waals surface area contributed by atoms with Gasteiger partial charge in [0.15, 0.2) is 0 Å². The third-order valence-electron chi connectivity index (χ3n) is 4.29. The molecule has 1 aromatic carbocycles. The number of nitrogens with zero attached hydrogens (tertiary/aromatic N) is 3. The van der Waals surface area contributed by atoms with Gasteiger partial charge in [-0.05, 0) is 32.9 Å². The van der Waals surface area contributed by atoms with Gasteiger partial charge in [-0.3, -0.25) is 9.88 Å². The lowest BCUT2D eigenvalue weighted by Gasteiger charge is -2.25. The van der Waals surface area contributed by atoms with Gasteiger partial charge in [0.1, 0.15) is 6.07 Å². The van der Waals surface area contributed by atoms with E-state index in [1.165, 1.54) is 12.8 Å². The quantitative estimate of drug-likeness (QED) is 0.914. The highest BCUT2D eigenvalue weighted by Gasteiger charge is 2.29. The summed E-state index contributed by atoms with van der Waals surface area (Å²) in [5.74, 6) is 0. The van der Waals surface area contributed by atoms with Gasteiger partial charge in [0.05, 0.1) is 16.8 Å². The summed E-state index contributed by atoms with van der Waals surface area (Å²) in [7, 11) is 2.18. The molecule has 0 aliphatic heterocycles.